The highest BCUT2D eigenvalue weighted by Crippen LogP contribution is 2.36. The van der Waals surface area contributed by atoms with Gasteiger partial charge in [-0.15, -0.1) is 6.42 Å². The summed E-state index contributed by atoms with van der Waals surface area (Å²) in [4.78, 5) is 20.0. The van der Waals surface area contributed by atoms with E-state index in [1.54, 1.807) is 23.1 Å². The molecule has 0 bridgehead atoms. The molecule has 0 spiro atoms. The van der Waals surface area contributed by atoms with E-state index in [4.69, 9.17) is 27.5 Å². The van der Waals surface area contributed by atoms with Gasteiger partial charge in [-0.3, -0.25) is 9.69 Å². The standard InChI is InChI=1S/C24H23ClN2O3S/c1-4-13-27-23(28)22(31-24(27)26-19-10-8-18(25)9-11-19)16-17-7-12-20(30-14-5-2)21(15-17)29-6-3/h2,7-12,15-16H,4,6,13-14H2,1,3H3/b22-16-,26-24?. The van der Waals surface area contributed by atoms with Crippen LogP contribution in [0, 0.1) is 12.3 Å². The van der Waals surface area contributed by atoms with Gasteiger partial charge in [0.25, 0.3) is 5.91 Å². The number of carbonyl (C=O) groups is 1. The molecule has 31 heavy (non-hydrogen) atoms. The Morgan fingerprint density at radius 3 is 2.61 bits per heavy atom. The van der Waals surface area contributed by atoms with E-state index in [9.17, 15) is 4.79 Å². The monoisotopic (exact) mass is 454 g/mol. The molecule has 0 saturated carbocycles. The first-order chi connectivity index (χ1) is 15.0. The number of ether oxygens (including phenoxy) is 2. The lowest BCUT2D eigenvalue weighted by Crippen LogP contribution is -2.29. The first-order valence-corrected chi connectivity index (χ1v) is 11.1. The van der Waals surface area contributed by atoms with Crippen LogP contribution < -0.4 is 9.47 Å². The molecule has 160 valence electrons. The summed E-state index contributed by atoms with van der Waals surface area (Å²) in [5, 5.41) is 1.30. The van der Waals surface area contributed by atoms with Gasteiger partial charge < -0.3 is 9.47 Å². The van der Waals surface area contributed by atoms with Gasteiger partial charge in [0.2, 0.25) is 0 Å². The second kappa shape index (κ2) is 10.9. The lowest BCUT2D eigenvalue weighted by atomic mass is 10.2. The van der Waals surface area contributed by atoms with Crippen molar-refractivity contribution in [3.63, 3.8) is 0 Å². The average Bonchev–Trinajstić information content (AvgIpc) is 3.04. The zero-order chi connectivity index (χ0) is 22.2. The lowest BCUT2D eigenvalue weighted by molar-refractivity contribution is -0.122. The molecular weight excluding hydrogens is 432 g/mol. The van der Waals surface area contributed by atoms with Crippen LogP contribution in [0.1, 0.15) is 25.8 Å². The highest BCUT2D eigenvalue weighted by atomic mass is 35.5. The van der Waals surface area contributed by atoms with Crippen LogP contribution in [0.5, 0.6) is 11.5 Å². The third-order valence-corrected chi connectivity index (χ3v) is 5.52. The molecule has 5 nitrogen and oxygen atoms in total. The van der Waals surface area contributed by atoms with Crippen LogP contribution in [0.4, 0.5) is 5.69 Å². The number of rotatable bonds is 8. The lowest BCUT2D eigenvalue weighted by Gasteiger charge is -2.14. The number of aliphatic imine (C=N–C) groups is 1. The minimum atomic E-state index is -0.0646. The van der Waals surface area contributed by atoms with Crippen LogP contribution in [0.2, 0.25) is 5.02 Å². The Balaban J connectivity index is 1.91. The predicted octanol–water partition coefficient (Wildman–Crippen LogP) is 5.76. The molecule has 0 atom stereocenters. The van der Waals surface area contributed by atoms with E-state index in [1.807, 2.05) is 44.2 Å². The summed E-state index contributed by atoms with van der Waals surface area (Å²) in [6, 6.07) is 12.7. The van der Waals surface area contributed by atoms with Gasteiger partial charge in [0.1, 0.15) is 6.61 Å². The van der Waals surface area contributed by atoms with E-state index < -0.39 is 0 Å². The van der Waals surface area contributed by atoms with Gasteiger partial charge in [0, 0.05) is 11.6 Å². The van der Waals surface area contributed by atoms with Crippen molar-refractivity contribution in [3.8, 4) is 23.8 Å². The molecule has 1 aliphatic heterocycles. The fraction of sp³-hybridized carbons (Fsp3) is 0.250. The molecule has 0 unspecified atom stereocenters. The number of amidine groups is 1. The smallest absolute Gasteiger partial charge is 0.266 e. The predicted molar refractivity (Wildman–Crippen MR) is 128 cm³/mol. The van der Waals surface area contributed by atoms with E-state index in [1.165, 1.54) is 11.8 Å². The van der Waals surface area contributed by atoms with Crippen LogP contribution in [0.15, 0.2) is 52.4 Å². The maximum absolute atomic E-state index is 13.0. The quantitative estimate of drug-likeness (QED) is 0.375. The Morgan fingerprint density at radius 1 is 1.16 bits per heavy atom. The summed E-state index contributed by atoms with van der Waals surface area (Å²) in [5.41, 5.74) is 1.58. The summed E-state index contributed by atoms with van der Waals surface area (Å²) < 4.78 is 11.2. The van der Waals surface area contributed by atoms with E-state index >= 15 is 0 Å². The fourth-order valence-corrected chi connectivity index (χ4v) is 4.06. The zero-order valence-electron chi connectivity index (χ0n) is 17.4. The minimum Gasteiger partial charge on any atom is -0.490 e. The van der Waals surface area contributed by atoms with E-state index in [0.717, 1.165) is 17.7 Å². The summed E-state index contributed by atoms with van der Waals surface area (Å²) in [6.07, 6.45) is 7.95. The maximum Gasteiger partial charge on any atom is 0.266 e. The van der Waals surface area contributed by atoms with Gasteiger partial charge in [0.15, 0.2) is 16.7 Å². The van der Waals surface area contributed by atoms with Crippen LogP contribution in [0.3, 0.4) is 0 Å². The largest absolute Gasteiger partial charge is 0.490 e. The van der Waals surface area contributed by atoms with Crippen molar-refractivity contribution in [1.29, 1.82) is 0 Å². The van der Waals surface area contributed by atoms with Crippen LogP contribution >= 0.6 is 23.4 Å². The van der Waals surface area contributed by atoms with Crippen molar-refractivity contribution in [2.75, 3.05) is 19.8 Å². The van der Waals surface area contributed by atoms with Crippen molar-refractivity contribution in [2.45, 2.75) is 20.3 Å². The van der Waals surface area contributed by atoms with E-state index in [-0.39, 0.29) is 12.5 Å². The molecule has 2 aromatic carbocycles. The third kappa shape index (κ3) is 5.84. The van der Waals surface area contributed by atoms with Gasteiger partial charge in [0.05, 0.1) is 17.2 Å². The molecule has 0 N–H and O–H groups in total. The molecule has 1 fully saturated rings. The normalized spacial score (nSPS) is 16.1. The molecule has 7 heteroatoms. The Kier molecular flexibility index (Phi) is 8.05. The number of carbonyl (C=O) groups excluding carboxylic acids is 1. The first kappa shape index (κ1) is 22.8. The number of nitrogens with zero attached hydrogens (tertiary/aromatic N) is 2. The van der Waals surface area contributed by atoms with Crippen LogP contribution in [0.25, 0.3) is 6.08 Å². The molecule has 0 aliphatic carbocycles. The van der Waals surface area contributed by atoms with Gasteiger partial charge in [-0.25, -0.2) is 4.99 Å². The fourth-order valence-electron chi connectivity index (χ4n) is 2.91. The Labute approximate surface area is 192 Å². The van der Waals surface area contributed by atoms with E-state index in [2.05, 4.69) is 10.9 Å². The summed E-state index contributed by atoms with van der Waals surface area (Å²) in [5.74, 6) is 3.54. The van der Waals surface area contributed by atoms with Gasteiger partial charge in [-0.05, 0) is 73.1 Å². The van der Waals surface area contributed by atoms with Crippen LogP contribution in [-0.2, 0) is 4.79 Å². The third-order valence-electron chi connectivity index (χ3n) is 4.26. The minimum absolute atomic E-state index is 0.0646. The number of terminal acetylenes is 1. The Morgan fingerprint density at radius 2 is 1.94 bits per heavy atom. The second-order valence-corrected chi connectivity index (χ2v) is 8.02. The summed E-state index contributed by atoms with van der Waals surface area (Å²) in [6.45, 7) is 5.17. The number of benzene rings is 2. The second-order valence-electron chi connectivity index (χ2n) is 6.57. The number of halogens is 1. The highest BCUT2D eigenvalue weighted by Gasteiger charge is 2.32. The highest BCUT2D eigenvalue weighted by molar-refractivity contribution is 8.18. The van der Waals surface area contributed by atoms with Crippen molar-refractivity contribution in [3.05, 3.63) is 58.0 Å². The Bertz CT molecular complexity index is 1040. The molecule has 1 heterocycles. The Hall–Kier alpha value is -2.88. The average molecular weight is 455 g/mol. The maximum atomic E-state index is 13.0. The molecule has 1 amide bonds. The molecule has 0 aromatic heterocycles. The number of hydrogen-bond acceptors (Lipinski definition) is 5. The molecule has 2 aromatic rings. The van der Waals surface area contributed by atoms with E-state index in [0.29, 0.717) is 39.7 Å². The van der Waals surface area contributed by atoms with Gasteiger partial charge in [-0.1, -0.05) is 30.5 Å². The number of thioether (sulfide) groups is 1. The van der Waals surface area contributed by atoms with Gasteiger partial charge in [-0.2, -0.15) is 0 Å². The molecule has 1 aliphatic rings. The molecule has 1 saturated heterocycles. The summed E-state index contributed by atoms with van der Waals surface area (Å²) in [7, 11) is 0. The first-order valence-electron chi connectivity index (χ1n) is 9.94. The van der Waals surface area contributed by atoms with Crippen molar-refractivity contribution >= 4 is 46.2 Å². The topological polar surface area (TPSA) is 51.1 Å². The van der Waals surface area contributed by atoms with Crippen molar-refractivity contribution < 1.29 is 14.3 Å². The summed E-state index contributed by atoms with van der Waals surface area (Å²) >= 11 is 7.32. The molecular formula is C24H23ClN2O3S. The van der Waals surface area contributed by atoms with Gasteiger partial charge >= 0.3 is 0 Å². The van der Waals surface area contributed by atoms with Crippen molar-refractivity contribution in [1.82, 2.24) is 4.90 Å². The number of amides is 1. The number of hydrogen-bond donors (Lipinski definition) is 0. The zero-order valence-corrected chi connectivity index (χ0v) is 19.0. The van der Waals surface area contributed by atoms with Crippen LogP contribution in [-0.4, -0.2) is 35.7 Å². The molecule has 3 rings (SSSR count). The molecule has 0 radical (unpaired) electrons. The SMILES string of the molecule is C#CCOc1ccc(/C=C2\SC(=Nc3ccc(Cl)cc3)N(CCC)C2=O)cc1OCC. The van der Waals surface area contributed by atoms with Crippen molar-refractivity contribution in [2.24, 2.45) is 4.99 Å².